The molecule has 1 heterocycles. The van der Waals surface area contributed by atoms with Gasteiger partial charge >= 0.3 is 0 Å². The fourth-order valence-electron chi connectivity index (χ4n) is 0.342. The molecule has 0 aliphatic rings. The van der Waals surface area contributed by atoms with Crippen LogP contribution in [0.2, 0.25) is 0 Å². The Morgan fingerprint density at radius 1 is 1.00 bits per heavy atom. The van der Waals surface area contributed by atoms with Gasteiger partial charge in [-0.15, -0.1) is 11.6 Å². The first-order valence-corrected chi connectivity index (χ1v) is 3.04. The summed E-state index contributed by atoms with van der Waals surface area (Å²) in [4.78, 5) is 2.89. The number of halogens is 1. The first kappa shape index (κ1) is 7.44. The van der Waals surface area contributed by atoms with Crippen LogP contribution in [0.15, 0.2) is 30.6 Å². The summed E-state index contributed by atoms with van der Waals surface area (Å²) < 4.78 is 0. The Balaban J connectivity index is 0.000000222. The highest BCUT2D eigenvalue weighted by atomic mass is 35.5. The van der Waals surface area contributed by atoms with E-state index >= 15 is 0 Å². The van der Waals surface area contributed by atoms with Crippen LogP contribution >= 0.6 is 11.6 Å². The molecule has 1 N–H and O–H groups in total. The maximum Gasteiger partial charge on any atom is 0.166 e. The molecule has 0 atom stereocenters. The molecule has 0 aliphatic carbocycles. The minimum absolute atomic E-state index is 1.47. The van der Waals surface area contributed by atoms with Gasteiger partial charge in [0.25, 0.3) is 0 Å². The molecule has 1 nitrogen and oxygen atoms in total. The molecule has 0 bridgehead atoms. The van der Waals surface area contributed by atoms with E-state index in [1.165, 1.54) is 6.38 Å². The Morgan fingerprint density at radius 2 is 1.50 bits per heavy atom. The second-order valence-electron chi connectivity index (χ2n) is 1.08. The van der Waals surface area contributed by atoms with Gasteiger partial charge in [-0.1, -0.05) is 6.07 Å². The number of pyridine rings is 1. The fraction of sp³-hybridized carbons (Fsp3) is 0.167. The lowest BCUT2D eigenvalue weighted by Gasteiger charge is -1.63. The third-order valence-corrected chi connectivity index (χ3v) is 0.607. The van der Waals surface area contributed by atoms with E-state index in [4.69, 9.17) is 0 Å². The monoisotopic (exact) mass is 130 g/mol. The van der Waals surface area contributed by atoms with Gasteiger partial charge in [0.05, 0.1) is 0 Å². The number of aromatic amines is 1. The molecule has 0 saturated heterocycles. The van der Waals surface area contributed by atoms with Crippen LogP contribution in [-0.2, 0) is 0 Å². The molecular formula is C6H9ClN+. The predicted octanol–water partition coefficient (Wildman–Crippen LogP) is 1.36. The van der Waals surface area contributed by atoms with Crippen LogP contribution in [0.25, 0.3) is 0 Å². The molecule has 44 valence electrons. The average molecular weight is 131 g/mol. The Hall–Kier alpha value is -0.560. The highest BCUT2D eigenvalue weighted by Crippen LogP contribution is 1.68. The van der Waals surface area contributed by atoms with Crippen molar-refractivity contribution in [3.05, 3.63) is 30.6 Å². The molecule has 0 aliphatic heterocycles. The third kappa shape index (κ3) is 3.62. The zero-order valence-electron chi connectivity index (χ0n) is 4.76. The summed E-state index contributed by atoms with van der Waals surface area (Å²) in [6.45, 7) is 0. The molecule has 1 aromatic heterocycles. The maximum atomic E-state index is 4.64. The molecular weight excluding hydrogens is 122 g/mol. The van der Waals surface area contributed by atoms with E-state index in [1.54, 1.807) is 0 Å². The van der Waals surface area contributed by atoms with Gasteiger partial charge in [0, 0.05) is 18.5 Å². The summed E-state index contributed by atoms with van der Waals surface area (Å²) in [6.07, 6.45) is 5.22. The Labute approximate surface area is 54.3 Å². The van der Waals surface area contributed by atoms with Crippen LogP contribution in [-0.4, -0.2) is 6.38 Å². The normalized spacial score (nSPS) is 6.75. The van der Waals surface area contributed by atoms with Crippen molar-refractivity contribution in [1.29, 1.82) is 0 Å². The smallest absolute Gasteiger partial charge is 0.166 e. The van der Waals surface area contributed by atoms with E-state index in [0.29, 0.717) is 0 Å². The Morgan fingerprint density at radius 3 is 1.62 bits per heavy atom. The second kappa shape index (κ2) is 6.44. The van der Waals surface area contributed by atoms with E-state index in [0.717, 1.165) is 0 Å². The Kier molecular flexibility index (Phi) is 5.99. The molecule has 0 aromatic carbocycles. The van der Waals surface area contributed by atoms with Gasteiger partial charge in [0.1, 0.15) is 0 Å². The molecule has 1 aromatic rings. The summed E-state index contributed by atoms with van der Waals surface area (Å²) in [5.74, 6) is 0. The SMILES string of the molecule is CCl.c1cc[nH+]cc1. The number of alkyl halides is 1. The van der Waals surface area contributed by atoms with Gasteiger partial charge in [-0.3, -0.25) is 0 Å². The van der Waals surface area contributed by atoms with Crippen LogP contribution in [0.5, 0.6) is 0 Å². The summed E-state index contributed by atoms with van der Waals surface area (Å²) in [5, 5.41) is 0. The largest absolute Gasteiger partial charge is 0.218 e. The van der Waals surface area contributed by atoms with Crippen molar-refractivity contribution in [2.45, 2.75) is 0 Å². The minimum atomic E-state index is 1.47. The van der Waals surface area contributed by atoms with Crippen LogP contribution in [0.1, 0.15) is 0 Å². The van der Waals surface area contributed by atoms with Crippen molar-refractivity contribution in [1.82, 2.24) is 0 Å². The lowest BCUT2D eigenvalue weighted by atomic mass is 10.5. The molecule has 0 fully saturated rings. The van der Waals surface area contributed by atoms with E-state index in [-0.39, 0.29) is 0 Å². The molecule has 0 saturated carbocycles. The molecule has 0 spiro atoms. The Bertz CT molecular complexity index is 80.5. The van der Waals surface area contributed by atoms with Crippen molar-refractivity contribution in [3.63, 3.8) is 0 Å². The molecule has 8 heavy (non-hydrogen) atoms. The predicted molar refractivity (Wildman–Crippen MR) is 34.8 cm³/mol. The second-order valence-corrected chi connectivity index (χ2v) is 1.08. The van der Waals surface area contributed by atoms with Gasteiger partial charge in [0.15, 0.2) is 12.4 Å². The average Bonchev–Trinajstić information content (AvgIpc) is 1.96. The van der Waals surface area contributed by atoms with E-state index in [1.807, 2.05) is 30.6 Å². The highest BCUT2D eigenvalue weighted by molar-refractivity contribution is 6.15. The van der Waals surface area contributed by atoms with Gasteiger partial charge in [-0.2, -0.15) is 0 Å². The highest BCUT2D eigenvalue weighted by Gasteiger charge is 1.65. The zero-order chi connectivity index (χ0) is 6.24. The van der Waals surface area contributed by atoms with E-state index < -0.39 is 0 Å². The number of hydrogen-bond donors (Lipinski definition) is 0. The number of nitrogens with one attached hydrogen (secondary N) is 1. The molecule has 0 radical (unpaired) electrons. The molecule has 2 heteroatoms. The summed E-state index contributed by atoms with van der Waals surface area (Å²) in [6, 6.07) is 5.86. The molecule has 1 rings (SSSR count). The van der Waals surface area contributed by atoms with Crippen molar-refractivity contribution >= 4 is 11.6 Å². The van der Waals surface area contributed by atoms with E-state index in [2.05, 4.69) is 16.6 Å². The van der Waals surface area contributed by atoms with Gasteiger partial charge in [-0.05, 0) is 0 Å². The van der Waals surface area contributed by atoms with Crippen LogP contribution in [0, 0.1) is 0 Å². The lowest BCUT2D eigenvalue weighted by Crippen LogP contribution is -1.93. The van der Waals surface area contributed by atoms with Crippen molar-refractivity contribution in [3.8, 4) is 0 Å². The van der Waals surface area contributed by atoms with Crippen molar-refractivity contribution in [2.75, 3.05) is 6.38 Å². The van der Waals surface area contributed by atoms with Gasteiger partial charge in [-0.25, -0.2) is 4.98 Å². The number of H-pyrrole nitrogens is 1. The fourth-order valence-corrected chi connectivity index (χ4v) is 0.342. The van der Waals surface area contributed by atoms with Crippen molar-refractivity contribution in [2.24, 2.45) is 0 Å². The first-order chi connectivity index (χ1) is 4.00. The van der Waals surface area contributed by atoms with Crippen molar-refractivity contribution < 1.29 is 4.98 Å². The number of rotatable bonds is 0. The number of aromatic nitrogens is 1. The maximum absolute atomic E-state index is 4.64. The standard InChI is InChI=1S/C5H5N.CH3Cl/c1-2-4-6-5-3-1;1-2/h1-5H;1H3/p+1. The minimum Gasteiger partial charge on any atom is -0.218 e. The van der Waals surface area contributed by atoms with Crippen LogP contribution in [0.3, 0.4) is 0 Å². The first-order valence-electron chi connectivity index (χ1n) is 2.29. The lowest BCUT2D eigenvalue weighted by molar-refractivity contribution is -0.377. The third-order valence-electron chi connectivity index (χ3n) is 0.607. The molecule has 0 amide bonds. The van der Waals surface area contributed by atoms with E-state index in [9.17, 15) is 0 Å². The quantitative estimate of drug-likeness (QED) is 0.471. The summed E-state index contributed by atoms with van der Waals surface area (Å²) in [7, 11) is 0. The summed E-state index contributed by atoms with van der Waals surface area (Å²) in [5.41, 5.74) is 0. The zero-order valence-corrected chi connectivity index (χ0v) is 5.52. The number of hydrogen-bond acceptors (Lipinski definition) is 0. The van der Waals surface area contributed by atoms with Crippen LogP contribution < -0.4 is 4.98 Å². The van der Waals surface area contributed by atoms with Gasteiger partial charge < -0.3 is 0 Å². The summed E-state index contributed by atoms with van der Waals surface area (Å²) >= 11 is 4.64. The molecule has 0 unspecified atom stereocenters. The van der Waals surface area contributed by atoms with Gasteiger partial charge in [0.2, 0.25) is 0 Å². The topological polar surface area (TPSA) is 14.1 Å². The van der Waals surface area contributed by atoms with Crippen LogP contribution in [0.4, 0.5) is 0 Å².